The van der Waals surface area contributed by atoms with E-state index in [1.807, 2.05) is 36.4 Å². The average molecular weight is 361 g/mol. The molecule has 0 heterocycles. The molecule has 2 rings (SSSR count). The molecule has 0 fully saturated rings. The number of hydrogen-bond acceptors (Lipinski definition) is 4. The number of hydrogen-bond donors (Lipinski definition) is 2. The molecule has 2 aromatic rings. The van der Waals surface area contributed by atoms with E-state index >= 15 is 0 Å². The molecule has 4 nitrogen and oxygen atoms in total. The predicted octanol–water partition coefficient (Wildman–Crippen LogP) is 2.93. The van der Waals surface area contributed by atoms with E-state index in [-0.39, 0.29) is 11.7 Å². The number of primary amides is 1. The molecule has 0 aliphatic carbocycles. The summed E-state index contributed by atoms with van der Waals surface area (Å²) in [5.41, 5.74) is 7.02. The number of nitrogens with one attached hydrogen (secondary N) is 1. The Kier molecular flexibility index (Phi) is 7.71. The van der Waals surface area contributed by atoms with Gasteiger partial charge in [0, 0.05) is 22.9 Å². The zero-order valence-corrected chi connectivity index (χ0v) is 14.9. The van der Waals surface area contributed by atoms with Crippen LogP contribution in [0.15, 0.2) is 59.5 Å². The molecule has 24 heavy (non-hydrogen) atoms. The predicted molar refractivity (Wildman–Crippen MR) is 101 cm³/mol. The highest BCUT2D eigenvalue weighted by atomic mass is 32.2. The maximum absolute atomic E-state index is 12.3. The van der Waals surface area contributed by atoms with Gasteiger partial charge in [-0.05, 0) is 17.7 Å². The number of rotatable bonds is 9. The van der Waals surface area contributed by atoms with Crippen LogP contribution >= 0.6 is 23.5 Å². The molecule has 6 heteroatoms. The van der Waals surface area contributed by atoms with Gasteiger partial charge in [0.1, 0.15) is 0 Å². The Morgan fingerprint density at radius 2 is 1.71 bits per heavy atom. The Labute approximate surface area is 150 Å². The Hall–Kier alpha value is -1.92. The van der Waals surface area contributed by atoms with Gasteiger partial charge in [0.2, 0.25) is 5.91 Å². The Morgan fingerprint density at radius 1 is 1.00 bits per heavy atom. The summed E-state index contributed by atoms with van der Waals surface area (Å²) in [6.45, 7) is 0.602. The molecule has 0 saturated carbocycles. The maximum atomic E-state index is 12.3. The summed E-state index contributed by atoms with van der Waals surface area (Å²) in [4.78, 5) is 24.0. The van der Waals surface area contributed by atoms with Crippen molar-refractivity contribution in [3.63, 3.8) is 0 Å². The molecule has 0 bridgehead atoms. The van der Waals surface area contributed by atoms with Crippen LogP contribution in [-0.2, 0) is 10.5 Å². The molecular weight excluding hydrogens is 340 g/mol. The highest BCUT2D eigenvalue weighted by Gasteiger charge is 2.11. The Balaban J connectivity index is 1.77. The van der Waals surface area contributed by atoms with Crippen molar-refractivity contribution in [2.45, 2.75) is 10.6 Å². The molecule has 0 radical (unpaired) electrons. The van der Waals surface area contributed by atoms with Crippen molar-refractivity contribution in [3.8, 4) is 0 Å². The van der Waals surface area contributed by atoms with Crippen LogP contribution < -0.4 is 11.1 Å². The minimum absolute atomic E-state index is 0.122. The lowest BCUT2D eigenvalue weighted by molar-refractivity contribution is -0.115. The van der Waals surface area contributed by atoms with Crippen LogP contribution in [-0.4, -0.2) is 29.9 Å². The quantitative estimate of drug-likeness (QED) is 0.533. The van der Waals surface area contributed by atoms with E-state index in [4.69, 9.17) is 5.73 Å². The average Bonchev–Trinajstić information content (AvgIpc) is 2.60. The smallest absolute Gasteiger partial charge is 0.252 e. The number of benzene rings is 2. The normalized spacial score (nSPS) is 10.3. The molecule has 2 aromatic carbocycles. The topological polar surface area (TPSA) is 72.2 Å². The summed E-state index contributed by atoms with van der Waals surface area (Å²) in [6.07, 6.45) is 0. The molecular formula is C18H20N2O2S2. The summed E-state index contributed by atoms with van der Waals surface area (Å²) in [5.74, 6) is 1.42. The van der Waals surface area contributed by atoms with Crippen LogP contribution in [0.3, 0.4) is 0 Å². The number of amides is 2. The number of carbonyl (C=O) groups is 2. The molecule has 3 N–H and O–H groups in total. The minimum Gasteiger partial charge on any atom is -0.369 e. The third kappa shape index (κ3) is 6.29. The van der Waals surface area contributed by atoms with Crippen molar-refractivity contribution < 1.29 is 9.59 Å². The van der Waals surface area contributed by atoms with Gasteiger partial charge in [0.15, 0.2) is 0 Å². The van der Waals surface area contributed by atoms with E-state index in [2.05, 4.69) is 17.4 Å². The third-order valence-corrected chi connectivity index (χ3v) is 5.27. The van der Waals surface area contributed by atoms with Crippen molar-refractivity contribution in [2.75, 3.05) is 18.1 Å². The van der Waals surface area contributed by atoms with Crippen molar-refractivity contribution in [1.29, 1.82) is 0 Å². The number of carbonyl (C=O) groups excluding carboxylic acids is 2. The second kappa shape index (κ2) is 10.1. The lowest BCUT2D eigenvalue weighted by Crippen LogP contribution is -2.26. The second-order valence-corrected chi connectivity index (χ2v) is 7.17. The van der Waals surface area contributed by atoms with Gasteiger partial charge in [-0.25, -0.2) is 0 Å². The highest BCUT2D eigenvalue weighted by molar-refractivity contribution is 8.00. The summed E-state index contributed by atoms with van der Waals surface area (Å²) < 4.78 is 0. The fraction of sp³-hybridized carbons (Fsp3) is 0.222. The van der Waals surface area contributed by atoms with E-state index in [1.54, 1.807) is 17.8 Å². The Bertz CT molecular complexity index is 678. The van der Waals surface area contributed by atoms with Crippen LogP contribution in [0.2, 0.25) is 0 Å². The lowest BCUT2D eigenvalue weighted by Gasteiger charge is -2.09. The first kappa shape index (κ1) is 18.4. The van der Waals surface area contributed by atoms with Gasteiger partial charge in [-0.3, -0.25) is 9.59 Å². The summed E-state index contributed by atoms with van der Waals surface area (Å²) in [5, 5.41) is 2.92. The van der Waals surface area contributed by atoms with Crippen molar-refractivity contribution in [2.24, 2.45) is 5.73 Å². The first-order valence-electron chi connectivity index (χ1n) is 7.57. The van der Waals surface area contributed by atoms with Gasteiger partial charge in [0.25, 0.3) is 5.91 Å². The molecule has 0 aliphatic heterocycles. The molecule has 0 atom stereocenters. The van der Waals surface area contributed by atoms with Gasteiger partial charge in [-0.1, -0.05) is 42.5 Å². The van der Waals surface area contributed by atoms with Gasteiger partial charge < -0.3 is 11.1 Å². The fourth-order valence-corrected chi connectivity index (χ4v) is 3.63. The van der Waals surface area contributed by atoms with Crippen LogP contribution in [0.1, 0.15) is 15.9 Å². The van der Waals surface area contributed by atoms with E-state index in [9.17, 15) is 9.59 Å². The first-order valence-corrected chi connectivity index (χ1v) is 9.71. The van der Waals surface area contributed by atoms with Crippen LogP contribution in [0, 0.1) is 0 Å². The van der Waals surface area contributed by atoms with Gasteiger partial charge >= 0.3 is 0 Å². The second-order valence-electron chi connectivity index (χ2n) is 5.05. The SMILES string of the molecule is NC(=O)CSc1ccccc1C(=O)NCCSCc1ccccc1. The standard InChI is InChI=1S/C18H20N2O2S2/c19-17(21)13-24-16-9-5-4-8-15(16)18(22)20-10-11-23-12-14-6-2-1-3-7-14/h1-9H,10-13H2,(H2,19,21)(H,20,22). The molecule has 0 spiro atoms. The third-order valence-electron chi connectivity index (χ3n) is 3.15. The zero-order valence-electron chi connectivity index (χ0n) is 13.2. The van der Waals surface area contributed by atoms with Crippen molar-refractivity contribution >= 4 is 35.3 Å². The summed E-state index contributed by atoms with van der Waals surface area (Å²) in [7, 11) is 0. The summed E-state index contributed by atoms with van der Waals surface area (Å²) in [6, 6.07) is 17.5. The molecule has 0 saturated heterocycles. The van der Waals surface area contributed by atoms with E-state index in [0.29, 0.717) is 12.1 Å². The highest BCUT2D eigenvalue weighted by Crippen LogP contribution is 2.22. The van der Waals surface area contributed by atoms with Gasteiger partial charge in [0.05, 0.1) is 11.3 Å². The molecule has 126 valence electrons. The molecule has 0 aliphatic rings. The van der Waals surface area contributed by atoms with Gasteiger partial charge in [-0.2, -0.15) is 11.8 Å². The molecule has 2 amide bonds. The summed E-state index contributed by atoms with van der Waals surface area (Å²) >= 11 is 3.06. The van der Waals surface area contributed by atoms with Gasteiger partial charge in [-0.15, -0.1) is 11.8 Å². The maximum Gasteiger partial charge on any atom is 0.252 e. The molecule has 0 unspecified atom stereocenters. The fourth-order valence-electron chi connectivity index (χ4n) is 2.03. The zero-order chi connectivity index (χ0) is 17.2. The monoisotopic (exact) mass is 360 g/mol. The minimum atomic E-state index is -0.396. The number of nitrogens with two attached hydrogens (primary N) is 1. The Morgan fingerprint density at radius 3 is 2.46 bits per heavy atom. The van der Waals surface area contributed by atoms with E-state index in [0.717, 1.165) is 16.4 Å². The largest absolute Gasteiger partial charge is 0.369 e. The van der Waals surface area contributed by atoms with Crippen molar-refractivity contribution in [1.82, 2.24) is 5.32 Å². The molecule has 0 aromatic heterocycles. The van der Waals surface area contributed by atoms with Crippen molar-refractivity contribution in [3.05, 3.63) is 65.7 Å². The van der Waals surface area contributed by atoms with E-state index in [1.165, 1.54) is 17.3 Å². The first-order chi connectivity index (χ1) is 11.7. The van der Waals surface area contributed by atoms with Crippen LogP contribution in [0.25, 0.3) is 0 Å². The number of thioether (sulfide) groups is 2. The lowest BCUT2D eigenvalue weighted by atomic mass is 10.2. The van der Waals surface area contributed by atoms with E-state index < -0.39 is 5.91 Å². The van der Waals surface area contributed by atoms with Crippen LogP contribution in [0.5, 0.6) is 0 Å². The van der Waals surface area contributed by atoms with Crippen LogP contribution in [0.4, 0.5) is 0 Å².